The molecule has 0 aromatic carbocycles. The van der Waals surface area contributed by atoms with Gasteiger partial charge in [-0.15, -0.1) is 0 Å². The first-order valence-electron chi connectivity index (χ1n) is 8.49. The molecule has 9 nitrogen and oxygen atoms in total. The number of nitrogens with one attached hydrogen (secondary N) is 1. The normalized spacial score (nSPS) is 16.5. The Morgan fingerprint density at radius 1 is 1.04 bits per heavy atom. The minimum atomic E-state index is -1.07. The van der Waals surface area contributed by atoms with Crippen molar-refractivity contribution in [2.45, 2.75) is 12.5 Å². The van der Waals surface area contributed by atoms with Crippen LogP contribution in [0.15, 0.2) is 23.8 Å². The predicted octanol–water partition coefficient (Wildman–Crippen LogP) is -0.429. The summed E-state index contributed by atoms with van der Waals surface area (Å²) < 4.78 is 20.4. The summed E-state index contributed by atoms with van der Waals surface area (Å²) in [5.74, 6) is -0.358. The summed E-state index contributed by atoms with van der Waals surface area (Å²) in [6, 6.07) is 0. The van der Waals surface area contributed by atoms with Crippen molar-refractivity contribution < 1.29 is 38.7 Å². The lowest BCUT2D eigenvalue weighted by molar-refractivity contribution is -0.120. The van der Waals surface area contributed by atoms with Crippen molar-refractivity contribution in [2.24, 2.45) is 0 Å². The van der Waals surface area contributed by atoms with Gasteiger partial charge in [-0.25, -0.2) is 4.79 Å². The Morgan fingerprint density at radius 3 is 2.27 bits per heavy atom. The van der Waals surface area contributed by atoms with Crippen LogP contribution in [0.2, 0.25) is 0 Å². The molecule has 0 saturated carbocycles. The van der Waals surface area contributed by atoms with Gasteiger partial charge in [0.05, 0.1) is 46.2 Å². The van der Waals surface area contributed by atoms with E-state index in [0.717, 1.165) is 5.57 Å². The average Bonchev–Trinajstić information content (AvgIpc) is 2.62. The van der Waals surface area contributed by atoms with Crippen LogP contribution in [-0.2, 0) is 23.7 Å². The summed E-state index contributed by atoms with van der Waals surface area (Å²) >= 11 is 0. The topological polar surface area (TPSA) is 124 Å². The lowest BCUT2D eigenvalue weighted by atomic mass is 10.0. The van der Waals surface area contributed by atoms with Crippen molar-refractivity contribution in [3.63, 3.8) is 0 Å². The number of ether oxygens (including phenoxy) is 4. The highest BCUT2D eigenvalue weighted by Crippen LogP contribution is 2.10. The number of hydrogen-bond acceptors (Lipinski definition) is 8. The number of aliphatic hydroxyl groups excluding tert-OH is 2. The van der Waals surface area contributed by atoms with Gasteiger partial charge in [0.25, 0.3) is 0 Å². The van der Waals surface area contributed by atoms with Gasteiger partial charge in [-0.1, -0.05) is 6.08 Å². The third-order valence-corrected chi connectivity index (χ3v) is 3.24. The van der Waals surface area contributed by atoms with Gasteiger partial charge in [0.15, 0.2) is 5.78 Å². The second kappa shape index (κ2) is 14.4. The van der Waals surface area contributed by atoms with Crippen LogP contribution in [0.4, 0.5) is 4.79 Å². The van der Waals surface area contributed by atoms with Crippen molar-refractivity contribution in [1.29, 1.82) is 0 Å². The van der Waals surface area contributed by atoms with Crippen LogP contribution in [0.3, 0.4) is 0 Å². The van der Waals surface area contributed by atoms with E-state index in [0.29, 0.717) is 46.0 Å². The van der Waals surface area contributed by atoms with Crippen LogP contribution in [0.25, 0.3) is 0 Å². The van der Waals surface area contributed by atoms with Crippen LogP contribution in [0.1, 0.15) is 6.42 Å². The molecule has 3 N–H and O–H groups in total. The summed E-state index contributed by atoms with van der Waals surface area (Å²) in [5, 5.41) is 20.3. The van der Waals surface area contributed by atoms with E-state index in [9.17, 15) is 14.7 Å². The van der Waals surface area contributed by atoms with Gasteiger partial charge in [-0.05, 0) is 24.1 Å². The summed E-state index contributed by atoms with van der Waals surface area (Å²) in [7, 11) is 0. The number of allylic oxidation sites excluding steroid dienone is 1. The standard InChI is InChI=1S/C17H27NO8/c19-5-6-23-7-8-24-9-10-25-11-12-26-17(22)18-4-3-14-1-2-15(20)16(21)13-14/h1-2,13,15,19-20H,3-12H2,(H,18,22). The third-order valence-electron chi connectivity index (χ3n) is 3.24. The lowest BCUT2D eigenvalue weighted by Gasteiger charge is -2.11. The molecule has 0 heterocycles. The van der Waals surface area contributed by atoms with E-state index < -0.39 is 12.2 Å². The van der Waals surface area contributed by atoms with E-state index in [1.807, 2.05) is 0 Å². The van der Waals surface area contributed by atoms with Crippen molar-refractivity contribution >= 4 is 11.9 Å². The van der Waals surface area contributed by atoms with Crippen LogP contribution in [0, 0.1) is 0 Å². The largest absolute Gasteiger partial charge is 0.447 e. The van der Waals surface area contributed by atoms with E-state index in [2.05, 4.69) is 5.32 Å². The fraction of sp³-hybridized carbons (Fsp3) is 0.647. The van der Waals surface area contributed by atoms with Crippen LogP contribution in [-0.4, -0.2) is 87.6 Å². The van der Waals surface area contributed by atoms with Crippen molar-refractivity contribution in [3.8, 4) is 0 Å². The highest BCUT2D eigenvalue weighted by atomic mass is 16.6. The summed E-state index contributed by atoms with van der Waals surface area (Å²) in [5.41, 5.74) is 0.741. The quantitative estimate of drug-likeness (QED) is 0.351. The SMILES string of the molecule is O=C(NCCC1=CC(=O)C(O)C=C1)OCCOCCOCCOCCO. The highest BCUT2D eigenvalue weighted by molar-refractivity contribution is 5.97. The first kappa shape index (κ1) is 22.3. The average molecular weight is 373 g/mol. The Hall–Kier alpha value is -1.78. The summed E-state index contributed by atoms with van der Waals surface area (Å²) in [6.45, 7) is 2.65. The molecule has 0 spiro atoms. The Balaban J connectivity index is 1.89. The molecule has 148 valence electrons. The van der Waals surface area contributed by atoms with E-state index in [1.165, 1.54) is 12.2 Å². The fourth-order valence-corrected chi connectivity index (χ4v) is 1.94. The molecule has 0 aliphatic heterocycles. The molecule has 0 radical (unpaired) electrons. The molecule has 0 bridgehead atoms. The van der Waals surface area contributed by atoms with Gasteiger partial charge in [0, 0.05) is 6.54 Å². The summed E-state index contributed by atoms with van der Waals surface area (Å²) in [6.07, 6.45) is 3.29. The molecule has 1 rings (SSSR count). The Bertz CT molecular complexity index is 477. The van der Waals surface area contributed by atoms with E-state index >= 15 is 0 Å². The molecule has 1 atom stereocenters. The maximum atomic E-state index is 11.5. The van der Waals surface area contributed by atoms with Crippen molar-refractivity contribution in [3.05, 3.63) is 23.8 Å². The Kier molecular flexibility index (Phi) is 12.3. The van der Waals surface area contributed by atoms with E-state index in [4.69, 9.17) is 24.1 Å². The van der Waals surface area contributed by atoms with Crippen molar-refractivity contribution in [1.82, 2.24) is 5.32 Å². The molecule has 9 heteroatoms. The van der Waals surface area contributed by atoms with Crippen LogP contribution < -0.4 is 5.32 Å². The number of carbonyl (C=O) groups is 2. The first-order valence-corrected chi connectivity index (χ1v) is 8.49. The van der Waals surface area contributed by atoms with Crippen LogP contribution >= 0.6 is 0 Å². The second-order valence-electron chi connectivity index (χ2n) is 5.30. The van der Waals surface area contributed by atoms with Crippen LogP contribution in [0.5, 0.6) is 0 Å². The van der Waals surface area contributed by atoms with Gasteiger partial charge in [-0.2, -0.15) is 0 Å². The Morgan fingerprint density at radius 2 is 1.65 bits per heavy atom. The first-order chi connectivity index (χ1) is 12.6. The predicted molar refractivity (Wildman–Crippen MR) is 91.7 cm³/mol. The molecular weight excluding hydrogens is 346 g/mol. The lowest BCUT2D eigenvalue weighted by Crippen LogP contribution is -2.27. The monoisotopic (exact) mass is 373 g/mol. The smallest absolute Gasteiger partial charge is 0.407 e. The minimum Gasteiger partial charge on any atom is -0.447 e. The number of hydrogen-bond donors (Lipinski definition) is 3. The number of alkyl carbamates (subject to hydrolysis) is 1. The molecular formula is C17H27NO8. The maximum Gasteiger partial charge on any atom is 0.407 e. The fourth-order valence-electron chi connectivity index (χ4n) is 1.94. The number of rotatable bonds is 14. The molecule has 0 aromatic rings. The molecule has 0 aromatic heterocycles. The molecule has 1 amide bonds. The number of carbonyl (C=O) groups excluding carboxylic acids is 2. The summed E-state index contributed by atoms with van der Waals surface area (Å²) in [4.78, 5) is 22.8. The van der Waals surface area contributed by atoms with Gasteiger partial charge >= 0.3 is 6.09 Å². The zero-order chi connectivity index (χ0) is 19.0. The minimum absolute atomic E-state index is 0.00455. The maximum absolute atomic E-state index is 11.5. The van der Waals surface area contributed by atoms with Gasteiger partial charge in [0.1, 0.15) is 12.7 Å². The highest BCUT2D eigenvalue weighted by Gasteiger charge is 2.14. The molecule has 0 fully saturated rings. The van der Waals surface area contributed by atoms with E-state index in [1.54, 1.807) is 6.08 Å². The number of aliphatic hydroxyl groups is 2. The molecule has 1 aliphatic carbocycles. The molecule has 1 aliphatic rings. The second-order valence-corrected chi connectivity index (χ2v) is 5.30. The Labute approximate surface area is 152 Å². The van der Waals surface area contributed by atoms with Gasteiger partial charge in [0.2, 0.25) is 0 Å². The third kappa shape index (κ3) is 11.0. The number of ketones is 1. The molecule has 0 saturated heterocycles. The van der Waals surface area contributed by atoms with Crippen molar-refractivity contribution in [2.75, 3.05) is 59.4 Å². The zero-order valence-corrected chi connectivity index (χ0v) is 14.7. The number of amides is 1. The van der Waals surface area contributed by atoms with Gasteiger partial charge < -0.3 is 34.5 Å². The molecule has 1 unspecified atom stereocenters. The molecule has 26 heavy (non-hydrogen) atoms. The van der Waals surface area contributed by atoms with E-state index in [-0.39, 0.29) is 25.6 Å². The zero-order valence-electron chi connectivity index (χ0n) is 14.7. The van der Waals surface area contributed by atoms with Gasteiger partial charge in [-0.3, -0.25) is 4.79 Å².